The predicted molar refractivity (Wildman–Crippen MR) is 104 cm³/mol. The Morgan fingerprint density at radius 3 is 2.78 bits per heavy atom. The summed E-state index contributed by atoms with van der Waals surface area (Å²) < 4.78 is 5.86. The van der Waals surface area contributed by atoms with E-state index in [1.807, 2.05) is 29.2 Å². The summed E-state index contributed by atoms with van der Waals surface area (Å²) >= 11 is 0. The summed E-state index contributed by atoms with van der Waals surface area (Å²) in [6, 6.07) is 7.67. The molecule has 4 rings (SSSR count). The van der Waals surface area contributed by atoms with Gasteiger partial charge >= 0.3 is 5.97 Å². The molecule has 0 bridgehead atoms. The van der Waals surface area contributed by atoms with Crippen LogP contribution in [-0.4, -0.2) is 29.9 Å². The van der Waals surface area contributed by atoms with Gasteiger partial charge in [0, 0.05) is 18.0 Å². The molecule has 2 fully saturated rings. The molecule has 146 valence electrons. The van der Waals surface area contributed by atoms with Gasteiger partial charge in [0.1, 0.15) is 0 Å². The van der Waals surface area contributed by atoms with E-state index in [1.54, 1.807) is 0 Å². The van der Waals surface area contributed by atoms with Crippen molar-refractivity contribution in [1.29, 1.82) is 0 Å². The van der Waals surface area contributed by atoms with Crippen LogP contribution in [0.25, 0.3) is 0 Å². The van der Waals surface area contributed by atoms with E-state index in [4.69, 9.17) is 4.74 Å². The molecule has 0 radical (unpaired) electrons. The number of amides is 1. The fraction of sp³-hybridized carbons (Fsp3) is 0.652. The molecule has 1 unspecified atom stereocenters. The summed E-state index contributed by atoms with van der Waals surface area (Å²) in [5, 5.41) is 0. The lowest BCUT2D eigenvalue weighted by Crippen LogP contribution is -2.50. The highest BCUT2D eigenvalue weighted by atomic mass is 16.6. The fourth-order valence-electron chi connectivity index (χ4n) is 5.31. The number of esters is 1. The maximum Gasteiger partial charge on any atom is 0.339 e. The topological polar surface area (TPSA) is 46.6 Å². The smallest absolute Gasteiger partial charge is 0.339 e. The van der Waals surface area contributed by atoms with Gasteiger partial charge in [-0.25, -0.2) is 4.79 Å². The first kappa shape index (κ1) is 18.5. The third-order valence-electron chi connectivity index (χ3n) is 6.85. The highest BCUT2D eigenvalue weighted by Crippen LogP contribution is 2.43. The summed E-state index contributed by atoms with van der Waals surface area (Å²) in [7, 11) is 0. The molecule has 1 aromatic rings. The molecule has 27 heavy (non-hydrogen) atoms. The lowest BCUT2D eigenvalue weighted by atomic mass is 9.78. The number of hydrogen-bond acceptors (Lipinski definition) is 3. The van der Waals surface area contributed by atoms with Gasteiger partial charge in [0.25, 0.3) is 0 Å². The zero-order valence-electron chi connectivity index (χ0n) is 16.4. The van der Waals surface area contributed by atoms with E-state index in [0.717, 1.165) is 43.7 Å². The Hall–Kier alpha value is -1.84. The Kier molecular flexibility index (Phi) is 5.25. The number of rotatable bonds is 4. The molecule has 4 nitrogen and oxygen atoms in total. The number of likely N-dealkylation sites (tertiary alicyclic amines) is 1. The second-order valence-corrected chi connectivity index (χ2v) is 8.65. The van der Waals surface area contributed by atoms with E-state index >= 15 is 0 Å². The molecule has 1 aliphatic carbocycles. The van der Waals surface area contributed by atoms with E-state index < -0.39 is 5.60 Å². The van der Waals surface area contributed by atoms with Gasteiger partial charge < -0.3 is 9.64 Å². The predicted octanol–water partition coefficient (Wildman–Crippen LogP) is 4.67. The lowest BCUT2D eigenvalue weighted by Gasteiger charge is -2.41. The minimum Gasteiger partial charge on any atom is -0.449 e. The molecule has 0 N–H and O–H groups in total. The fourth-order valence-corrected chi connectivity index (χ4v) is 5.31. The third kappa shape index (κ3) is 3.51. The van der Waals surface area contributed by atoms with Crippen molar-refractivity contribution in [2.75, 3.05) is 13.1 Å². The van der Waals surface area contributed by atoms with E-state index in [1.165, 1.54) is 32.1 Å². The molecule has 0 aromatic heterocycles. The lowest BCUT2D eigenvalue weighted by molar-refractivity contribution is -0.144. The molecule has 1 aromatic carbocycles. The van der Waals surface area contributed by atoms with Crippen LogP contribution in [0.3, 0.4) is 0 Å². The second-order valence-electron chi connectivity index (χ2n) is 8.65. The van der Waals surface area contributed by atoms with Crippen molar-refractivity contribution in [3.8, 4) is 0 Å². The van der Waals surface area contributed by atoms with Crippen LogP contribution in [0.4, 0.5) is 0 Å². The normalized spacial score (nSPS) is 30.3. The maximum absolute atomic E-state index is 13.2. The molecular weight excluding hydrogens is 338 g/mol. The largest absolute Gasteiger partial charge is 0.449 e. The van der Waals surface area contributed by atoms with Crippen molar-refractivity contribution in [2.24, 2.45) is 11.8 Å². The van der Waals surface area contributed by atoms with Crippen molar-refractivity contribution in [3.05, 3.63) is 35.4 Å². The molecule has 3 aliphatic rings. The van der Waals surface area contributed by atoms with E-state index in [-0.39, 0.29) is 17.8 Å². The van der Waals surface area contributed by atoms with Gasteiger partial charge in [-0.1, -0.05) is 44.4 Å². The summed E-state index contributed by atoms with van der Waals surface area (Å²) in [4.78, 5) is 27.5. The second kappa shape index (κ2) is 7.65. The van der Waals surface area contributed by atoms with Crippen LogP contribution < -0.4 is 0 Å². The number of unbranched alkanes of at least 4 members (excludes halogenated alkanes) is 1. The molecule has 2 aliphatic heterocycles. The first-order valence-corrected chi connectivity index (χ1v) is 10.7. The van der Waals surface area contributed by atoms with Crippen molar-refractivity contribution in [2.45, 2.75) is 70.3 Å². The first-order chi connectivity index (χ1) is 13.1. The van der Waals surface area contributed by atoms with Crippen LogP contribution >= 0.6 is 0 Å². The van der Waals surface area contributed by atoms with E-state index in [2.05, 4.69) is 6.92 Å². The zero-order chi connectivity index (χ0) is 18.9. The first-order valence-electron chi connectivity index (χ1n) is 10.7. The Morgan fingerprint density at radius 1 is 1.22 bits per heavy atom. The molecule has 2 heterocycles. The molecule has 1 atom stereocenters. The maximum atomic E-state index is 13.2. The van der Waals surface area contributed by atoms with E-state index in [9.17, 15) is 9.59 Å². The van der Waals surface area contributed by atoms with Crippen molar-refractivity contribution in [3.63, 3.8) is 0 Å². The summed E-state index contributed by atoms with van der Waals surface area (Å²) in [5.41, 5.74) is 1.01. The number of carbonyl (C=O) groups excluding carboxylic acids is 2. The van der Waals surface area contributed by atoms with E-state index in [0.29, 0.717) is 12.1 Å². The van der Waals surface area contributed by atoms with Crippen LogP contribution in [0.5, 0.6) is 0 Å². The Morgan fingerprint density at radius 2 is 2.00 bits per heavy atom. The van der Waals surface area contributed by atoms with Crippen molar-refractivity contribution >= 4 is 11.9 Å². The molecule has 1 amide bonds. The zero-order valence-corrected chi connectivity index (χ0v) is 16.4. The standard InChI is InChI=1S/C23H31NO3/c1-2-3-7-17-10-12-18(13-11-17)21(25)24-15-6-14-23(16-24)20-9-5-4-8-19(20)22(26)27-23/h4-5,8-9,17-18H,2-3,6-7,10-16H2,1H3. The Labute approximate surface area is 162 Å². The Bertz CT molecular complexity index is 707. The monoisotopic (exact) mass is 369 g/mol. The average Bonchev–Trinajstić information content (AvgIpc) is 2.98. The summed E-state index contributed by atoms with van der Waals surface area (Å²) in [5.74, 6) is 1.01. The van der Waals surface area contributed by atoms with Gasteiger partial charge in [-0.15, -0.1) is 0 Å². The highest BCUT2D eigenvalue weighted by molar-refractivity contribution is 5.95. The number of benzene rings is 1. The van der Waals surface area contributed by atoms with Gasteiger partial charge in [0.15, 0.2) is 5.60 Å². The number of hydrogen-bond donors (Lipinski definition) is 0. The van der Waals surface area contributed by atoms with Crippen molar-refractivity contribution < 1.29 is 14.3 Å². The van der Waals surface area contributed by atoms with Crippen LogP contribution in [-0.2, 0) is 15.1 Å². The molecule has 1 spiro atoms. The number of fused-ring (bicyclic) bond motifs is 2. The SMILES string of the molecule is CCCCC1CCC(C(=O)N2CCCC3(C2)OC(=O)c2ccccc23)CC1. The van der Waals surface area contributed by atoms with Crippen molar-refractivity contribution in [1.82, 2.24) is 4.90 Å². The highest BCUT2D eigenvalue weighted by Gasteiger charge is 2.49. The minimum absolute atomic E-state index is 0.158. The number of ether oxygens (including phenoxy) is 1. The van der Waals surface area contributed by atoms with Gasteiger partial charge in [-0.05, 0) is 50.5 Å². The van der Waals surface area contributed by atoms with Crippen LogP contribution in [0.2, 0.25) is 0 Å². The summed E-state index contributed by atoms with van der Waals surface area (Å²) in [6.45, 7) is 3.55. The van der Waals surface area contributed by atoms with Gasteiger partial charge in [0.2, 0.25) is 5.91 Å². The molecular formula is C23H31NO3. The minimum atomic E-state index is -0.625. The quantitative estimate of drug-likeness (QED) is 0.725. The van der Waals surface area contributed by atoms with Crippen LogP contribution in [0, 0.1) is 11.8 Å². The van der Waals surface area contributed by atoms with Gasteiger partial charge in [-0.3, -0.25) is 4.79 Å². The number of piperidine rings is 1. The summed E-state index contributed by atoms with van der Waals surface area (Å²) in [6.07, 6.45) is 10.00. The average molecular weight is 370 g/mol. The third-order valence-corrected chi connectivity index (χ3v) is 6.85. The molecule has 4 heteroatoms. The van der Waals surface area contributed by atoms with Crippen LogP contribution in [0.1, 0.15) is 80.6 Å². The number of nitrogens with zero attached hydrogens (tertiary/aromatic N) is 1. The molecule has 1 saturated carbocycles. The van der Waals surface area contributed by atoms with Gasteiger partial charge in [0.05, 0.1) is 12.1 Å². The van der Waals surface area contributed by atoms with Gasteiger partial charge in [-0.2, -0.15) is 0 Å². The molecule has 1 saturated heterocycles. The number of carbonyl (C=O) groups is 2. The Balaban J connectivity index is 1.42. The van der Waals surface area contributed by atoms with Crippen LogP contribution in [0.15, 0.2) is 24.3 Å².